The van der Waals surface area contributed by atoms with Gasteiger partial charge in [0.1, 0.15) is 21.9 Å². The largest absolute Gasteiger partial charge is 0.465 e. The van der Waals surface area contributed by atoms with Gasteiger partial charge in [0, 0.05) is 22.8 Å². The van der Waals surface area contributed by atoms with Gasteiger partial charge in [-0.3, -0.25) is 4.79 Å². The van der Waals surface area contributed by atoms with Gasteiger partial charge >= 0.3 is 5.97 Å². The number of esters is 1. The summed E-state index contributed by atoms with van der Waals surface area (Å²) in [6, 6.07) is 11.8. The van der Waals surface area contributed by atoms with E-state index in [0.29, 0.717) is 16.2 Å². The Kier molecular flexibility index (Phi) is 5.13. The molecule has 0 fully saturated rings. The number of imidazole rings is 1. The lowest BCUT2D eigenvalue weighted by atomic mass is 10.0. The number of ether oxygens (including phenoxy) is 1. The van der Waals surface area contributed by atoms with E-state index in [9.17, 15) is 9.59 Å². The second-order valence-electron chi connectivity index (χ2n) is 7.14. The van der Waals surface area contributed by atoms with Crippen LogP contribution in [-0.4, -0.2) is 28.4 Å². The number of rotatable bonds is 4. The smallest absolute Gasteiger partial charge is 0.341 e. The Morgan fingerprint density at radius 3 is 2.50 bits per heavy atom. The first kappa shape index (κ1) is 19.8. The molecule has 6 nitrogen and oxygen atoms in total. The summed E-state index contributed by atoms with van der Waals surface area (Å²) in [5.41, 5.74) is 5.19. The van der Waals surface area contributed by atoms with Crippen molar-refractivity contribution in [3.63, 3.8) is 0 Å². The highest BCUT2D eigenvalue weighted by molar-refractivity contribution is 7.17. The zero-order valence-corrected chi connectivity index (χ0v) is 18.0. The number of nitrogens with one attached hydrogen (secondary N) is 1. The topological polar surface area (TPSA) is 72.7 Å². The molecule has 0 aliphatic heterocycles. The maximum absolute atomic E-state index is 12.9. The van der Waals surface area contributed by atoms with Crippen molar-refractivity contribution in [2.24, 2.45) is 0 Å². The number of fused-ring (bicyclic) bond motifs is 1. The summed E-state index contributed by atoms with van der Waals surface area (Å²) in [6.45, 7) is 5.90. The lowest BCUT2D eigenvalue weighted by molar-refractivity contribution is 0.0603. The van der Waals surface area contributed by atoms with Gasteiger partial charge in [-0.25, -0.2) is 9.78 Å². The zero-order valence-electron chi connectivity index (χ0n) is 17.1. The predicted molar refractivity (Wildman–Crippen MR) is 118 cm³/mol. The molecule has 3 aromatic heterocycles. The van der Waals surface area contributed by atoms with E-state index in [1.807, 2.05) is 63.4 Å². The highest BCUT2D eigenvalue weighted by atomic mass is 32.1. The number of benzene rings is 1. The molecule has 0 atom stereocenters. The van der Waals surface area contributed by atoms with Crippen molar-refractivity contribution < 1.29 is 14.3 Å². The van der Waals surface area contributed by atoms with Gasteiger partial charge in [0.25, 0.3) is 5.91 Å². The van der Waals surface area contributed by atoms with Gasteiger partial charge in [0.2, 0.25) is 0 Å². The second-order valence-corrected chi connectivity index (χ2v) is 8.37. The number of amides is 1. The van der Waals surface area contributed by atoms with Crippen LogP contribution in [0.3, 0.4) is 0 Å². The maximum Gasteiger partial charge on any atom is 0.341 e. The van der Waals surface area contributed by atoms with Gasteiger partial charge in [-0.15, -0.1) is 11.3 Å². The van der Waals surface area contributed by atoms with Crippen LogP contribution in [0.25, 0.3) is 16.8 Å². The molecule has 0 saturated carbocycles. The molecule has 0 unspecified atom stereocenters. The fourth-order valence-corrected chi connectivity index (χ4v) is 4.42. The van der Waals surface area contributed by atoms with E-state index < -0.39 is 5.97 Å². The molecule has 0 spiro atoms. The Balaban J connectivity index is 1.74. The molecule has 30 heavy (non-hydrogen) atoms. The van der Waals surface area contributed by atoms with Crippen LogP contribution in [-0.2, 0) is 4.74 Å². The standard InChI is InChI=1S/C23H21N3O3S/c1-13-5-7-16(8-6-13)19-15(3)30-22(20(19)23(28)29-4)25-21(27)17-12-26-10-9-14(2)11-18(26)24-17/h5-12H,1-4H3,(H,25,27). The van der Waals surface area contributed by atoms with Crippen molar-refractivity contribution in [1.82, 2.24) is 9.38 Å². The lowest BCUT2D eigenvalue weighted by Crippen LogP contribution is -2.14. The molecule has 0 aliphatic rings. The van der Waals surface area contributed by atoms with E-state index in [2.05, 4.69) is 10.3 Å². The number of aryl methyl sites for hydroxylation is 3. The molecule has 4 rings (SSSR count). The third kappa shape index (κ3) is 3.59. The number of anilines is 1. The molecular weight excluding hydrogens is 398 g/mol. The van der Waals surface area contributed by atoms with Crippen LogP contribution < -0.4 is 5.32 Å². The Morgan fingerprint density at radius 2 is 1.80 bits per heavy atom. The maximum atomic E-state index is 12.9. The Labute approximate surface area is 178 Å². The lowest BCUT2D eigenvalue weighted by Gasteiger charge is -2.08. The van der Waals surface area contributed by atoms with Gasteiger partial charge < -0.3 is 14.5 Å². The van der Waals surface area contributed by atoms with E-state index in [1.54, 1.807) is 10.6 Å². The number of carbonyl (C=O) groups is 2. The first-order valence-corrected chi connectivity index (χ1v) is 10.2. The number of methoxy groups -OCH3 is 1. The van der Waals surface area contributed by atoms with Gasteiger partial charge in [0.05, 0.1) is 7.11 Å². The Bertz CT molecular complexity index is 1270. The average Bonchev–Trinajstić information content (AvgIpc) is 3.28. The number of nitrogens with zero attached hydrogens (tertiary/aromatic N) is 2. The van der Waals surface area contributed by atoms with E-state index in [4.69, 9.17) is 4.74 Å². The molecule has 0 saturated heterocycles. The summed E-state index contributed by atoms with van der Waals surface area (Å²) in [4.78, 5) is 30.8. The molecular formula is C23H21N3O3S. The number of pyridine rings is 1. The molecule has 7 heteroatoms. The third-order valence-electron chi connectivity index (χ3n) is 4.89. The third-order valence-corrected chi connectivity index (χ3v) is 5.91. The Hall–Kier alpha value is -3.45. The van der Waals surface area contributed by atoms with E-state index in [1.165, 1.54) is 18.4 Å². The first-order valence-electron chi connectivity index (χ1n) is 9.43. The minimum atomic E-state index is -0.490. The monoisotopic (exact) mass is 419 g/mol. The fraction of sp³-hybridized carbons (Fsp3) is 0.174. The van der Waals surface area contributed by atoms with Crippen LogP contribution in [0.2, 0.25) is 0 Å². The average molecular weight is 420 g/mol. The zero-order chi connectivity index (χ0) is 21.4. The summed E-state index contributed by atoms with van der Waals surface area (Å²) in [7, 11) is 1.34. The number of aromatic nitrogens is 2. The van der Waals surface area contributed by atoms with E-state index >= 15 is 0 Å². The van der Waals surface area contributed by atoms with Crippen LogP contribution in [0.4, 0.5) is 5.00 Å². The minimum Gasteiger partial charge on any atom is -0.465 e. The molecule has 4 aromatic rings. The number of thiophene rings is 1. The summed E-state index contributed by atoms with van der Waals surface area (Å²) in [5.74, 6) is -0.867. The SMILES string of the molecule is COC(=O)c1c(NC(=O)c2cn3ccc(C)cc3n2)sc(C)c1-c1ccc(C)cc1. The van der Waals surface area contributed by atoms with Crippen LogP contribution in [0.15, 0.2) is 48.8 Å². The van der Waals surface area contributed by atoms with Crippen molar-refractivity contribution in [3.8, 4) is 11.1 Å². The van der Waals surface area contributed by atoms with E-state index in [-0.39, 0.29) is 11.6 Å². The Morgan fingerprint density at radius 1 is 1.07 bits per heavy atom. The van der Waals surface area contributed by atoms with Crippen LogP contribution in [0, 0.1) is 20.8 Å². The molecule has 0 radical (unpaired) electrons. The molecule has 1 aromatic carbocycles. The molecule has 3 heterocycles. The number of hydrogen-bond donors (Lipinski definition) is 1. The van der Waals surface area contributed by atoms with Gasteiger partial charge in [-0.1, -0.05) is 29.8 Å². The molecule has 1 amide bonds. The molecule has 0 aliphatic carbocycles. The van der Waals surface area contributed by atoms with Crippen LogP contribution in [0.1, 0.15) is 36.9 Å². The van der Waals surface area contributed by atoms with Gasteiger partial charge in [-0.05, 0) is 44.0 Å². The first-order chi connectivity index (χ1) is 14.4. The quantitative estimate of drug-likeness (QED) is 0.471. The molecule has 1 N–H and O–H groups in total. The highest BCUT2D eigenvalue weighted by Gasteiger charge is 2.26. The van der Waals surface area contributed by atoms with Crippen molar-refractivity contribution in [3.05, 3.63) is 76.1 Å². The van der Waals surface area contributed by atoms with Crippen LogP contribution >= 0.6 is 11.3 Å². The summed E-state index contributed by atoms with van der Waals surface area (Å²) in [6.07, 6.45) is 3.53. The van der Waals surface area contributed by atoms with E-state index in [0.717, 1.165) is 27.1 Å². The summed E-state index contributed by atoms with van der Waals surface area (Å²) in [5, 5.41) is 3.31. The normalized spacial score (nSPS) is 10.9. The predicted octanol–water partition coefficient (Wildman–Crippen LogP) is 5.03. The summed E-state index contributed by atoms with van der Waals surface area (Å²) >= 11 is 1.35. The number of hydrogen-bond acceptors (Lipinski definition) is 5. The van der Waals surface area contributed by atoms with Crippen LogP contribution in [0.5, 0.6) is 0 Å². The fourth-order valence-electron chi connectivity index (χ4n) is 3.36. The summed E-state index contributed by atoms with van der Waals surface area (Å²) < 4.78 is 6.81. The second kappa shape index (κ2) is 7.76. The van der Waals surface area contributed by atoms with Crippen molar-refractivity contribution in [2.45, 2.75) is 20.8 Å². The molecule has 0 bridgehead atoms. The highest BCUT2D eigenvalue weighted by Crippen LogP contribution is 2.40. The van der Waals surface area contributed by atoms with Gasteiger partial charge in [-0.2, -0.15) is 0 Å². The van der Waals surface area contributed by atoms with Crippen molar-refractivity contribution >= 4 is 33.9 Å². The van der Waals surface area contributed by atoms with Crippen molar-refractivity contribution in [2.75, 3.05) is 12.4 Å². The number of carbonyl (C=O) groups excluding carboxylic acids is 2. The minimum absolute atomic E-state index is 0.277. The van der Waals surface area contributed by atoms with Crippen molar-refractivity contribution in [1.29, 1.82) is 0 Å². The van der Waals surface area contributed by atoms with Gasteiger partial charge in [0.15, 0.2) is 0 Å². The molecule has 152 valence electrons.